The molecule has 0 aliphatic heterocycles. The molecule has 1 amide bonds. The summed E-state index contributed by atoms with van der Waals surface area (Å²) < 4.78 is 18.3. The number of ether oxygens (including phenoxy) is 1. The lowest BCUT2D eigenvalue weighted by molar-refractivity contribution is 0.0368. The van der Waals surface area contributed by atoms with Gasteiger partial charge in [-0.1, -0.05) is 13.8 Å². The number of amides is 1. The number of carbonyl (C=O) groups excluding carboxylic acids is 1. The zero-order chi connectivity index (χ0) is 15.3. The van der Waals surface area contributed by atoms with Crippen molar-refractivity contribution in [1.82, 2.24) is 5.32 Å². The second kappa shape index (κ2) is 6.70. The first kappa shape index (κ1) is 16.4. The molecular formula is C15H22FNO3. The van der Waals surface area contributed by atoms with E-state index in [1.807, 2.05) is 13.8 Å². The number of aliphatic hydroxyl groups is 1. The molecule has 112 valence electrons. The quantitative estimate of drug-likeness (QED) is 0.842. The Balaban J connectivity index is 2.65. The molecule has 2 N–H and O–H groups in total. The average Bonchev–Trinajstić information content (AvgIpc) is 2.34. The van der Waals surface area contributed by atoms with Gasteiger partial charge >= 0.3 is 0 Å². The van der Waals surface area contributed by atoms with Crippen LogP contribution in [0, 0.1) is 11.7 Å². The normalized spacial score (nSPS) is 13.9. The molecule has 0 aliphatic rings. The first-order valence-corrected chi connectivity index (χ1v) is 6.59. The highest BCUT2D eigenvalue weighted by atomic mass is 19.1. The lowest BCUT2D eigenvalue weighted by Gasteiger charge is -2.25. The third-order valence-electron chi connectivity index (χ3n) is 2.89. The predicted molar refractivity (Wildman–Crippen MR) is 75.4 cm³/mol. The highest BCUT2D eigenvalue weighted by Crippen LogP contribution is 2.18. The van der Waals surface area contributed by atoms with Gasteiger partial charge in [-0.3, -0.25) is 4.79 Å². The standard InChI is InChI=1S/C15H22FNO3/c1-10(2)8-15(3,19)9-17-14(18)11-5-6-13(20-4)12(16)7-11/h5-7,10,19H,8-9H2,1-4H3,(H,17,18). The van der Waals surface area contributed by atoms with Gasteiger partial charge in [0.2, 0.25) is 0 Å². The molecule has 0 saturated heterocycles. The summed E-state index contributed by atoms with van der Waals surface area (Å²) in [7, 11) is 1.36. The monoisotopic (exact) mass is 283 g/mol. The van der Waals surface area contributed by atoms with Crippen LogP contribution in [0.1, 0.15) is 37.6 Å². The van der Waals surface area contributed by atoms with Gasteiger partial charge in [0.05, 0.1) is 12.7 Å². The minimum Gasteiger partial charge on any atom is -0.494 e. The fraction of sp³-hybridized carbons (Fsp3) is 0.533. The Bertz CT molecular complexity index is 472. The molecule has 1 unspecified atom stereocenters. The Kier molecular flexibility index (Phi) is 5.51. The maximum absolute atomic E-state index is 13.5. The van der Waals surface area contributed by atoms with Crippen LogP contribution in [0.15, 0.2) is 18.2 Å². The number of hydrogen-bond donors (Lipinski definition) is 2. The van der Waals surface area contributed by atoms with Crippen molar-refractivity contribution in [2.45, 2.75) is 32.8 Å². The van der Waals surface area contributed by atoms with E-state index in [1.54, 1.807) is 6.92 Å². The van der Waals surface area contributed by atoms with Crippen LogP contribution in [0.3, 0.4) is 0 Å². The van der Waals surface area contributed by atoms with Gasteiger partial charge in [-0.25, -0.2) is 4.39 Å². The van der Waals surface area contributed by atoms with Crippen LogP contribution in [0.4, 0.5) is 4.39 Å². The summed E-state index contributed by atoms with van der Waals surface area (Å²) in [6.45, 7) is 5.78. The van der Waals surface area contributed by atoms with E-state index < -0.39 is 17.3 Å². The van der Waals surface area contributed by atoms with E-state index in [2.05, 4.69) is 5.32 Å². The molecule has 0 aromatic heterocycles. The summed E-state index contributed by atoms with van der Waals surface area (Å²) in [6, 6.07) is 4.00. The predicted octanol–water partition coefficient (Wildman–Crippen LogP) is 2.36. The van der Waals surface area contributed by atoms with Crippen molar-refractivity contribution in [3.63, 3.8) is 0 Å². The molecule has 0 saturated carbocycles. The number of benzene rings is 1. The molecule has 1 aromatic carbocycles. The number of methoxy groups -OCH3 is 1. The third kappa shape index (κ3) is 4.81. The average molecular weight is 283 g/mol. The van der Waals surface area contributed by atoms with Crippen LogP contribution in [0.2, 0.25) is 0 Å². The smallest absolute Gasteiger partial charge is 0.251 e. The maximum Gasteiger partial charge on any atom is 0.251 e. The van der Waals surface area contributed by atoms with Crippen molar-refractivity contribution in [3.05, 3.63) is 29.6 Å². The van der Waals surface area contributed by atoms with Crippen LogP contribution in [-0.2, 0) is 0 Å². The van der Waals surface area contributed by atoms with Gasteiger partial charge in [-0.2, -0.15) is 0 Å². The van der Waals surface area contributed by atoms with E-state index in [1.165, 1.54) is 19.2 Å². The first-order chi connectivity index (χ1) is 9.25. The van der Waals surface area contributed by atoms with Crippen LogP contribution < -0.4 is 10.1 Å². The van der Waals surface area contributed by atoms with Gasteiger partial charge in [0, 0.05) is 12.1 Å². The van der Waals surface area contributed by atoms with Crippen molar-refractivity contribution in [1.29, 1.82) is 0 Å². The SMILES string of the molecule is COc1ccc(C(=O)NCC(C)(O)CC(C)C)cc1F. The lowest BCUT2D eigenvalue weighted by atomic mass is 9.94. The van der Waals surface area contributed by atoms with E-state index in [0.717, 1.165) is 6.07 Å². The summed E-state index contributed by atoms with van der Waals surface area (Å²) in [6.07, 6.45) is 0.574. The Morgan fingerprint density at radius 3 is 2.65 bits per heavy atom. The Labute approximate surface area is 119 Å². The molecule has 0 radical (unpaired) electrons. The molecule has 0 aliphatic carbocycles. The van der Waals surface area contributed by atoms with E-state index >= 15 is 0 Å². The van der Waals surface area contributed by atoms with Crippen molar-refractivity contribution in [2.24, 2.45) is 5.92 Å². The molecule has 1 rings (SSSR count). The molecule has 1 atom stereocenters. The molecule has 0 heterocycles. The Morgan fingerprint density at radius 1 is 1.50 bits per heavy atom. The minimum absolute atomic E-state index is 0.0911. The Hall–Kier alpha value is -1.62. The van der Waals surface area contributed by atoms with Gasteiger partial charge in [-0.05, 0) is 37.5 Å². The summed E-state index contributed by atoms with van der Waals surface area (Å²) in [5.74, 6) is -0.599. The van der Waals surface area contributed by atoms with Crippen LogP contribution in [-0.4, -0.2) is 30.3 Å². The molecule has 1 aromatic rings. The molecular weight excluding hydrogens is 261 g/mol. The van der Waals surface area contributed by atoms with Crippen molar-refractivity contribution in [3.8, 4) is 5.75 Å². The minimum atomic E-state index is -0.977. The largest absolute Gasteiger partial charge is 0.494 e. The maximum atomic E-state index is 13.5. The number of nitrogens with one attached hydrogen (secondary N) is 1. The first-order valence-electron chi connectivity index (χ1n) is 6.59. The molecule has 5 heteroatoms. The van der Waals surface area contributed by atoms with Gasteiger partial charge in [-0.15, -0.1) is 0 Å². The van der Waals surface area contributed by atoms with E-state index in [-0.39, 0.29) is 17.9 Å². The number of hydrogen-bond acceptors (Lipinski definition) is 3. The molecule has 0 spiro atoms. The molecule has 4 nitrogen and oxygen atoms in total. The summed E-state index contributed by atoms with van der Waals surface area (Å²) >= 11 is 0. The number of carbonyl (C=O) groups is 1. The second-order valence-corrected chi connectivity index (χ2v) is 5.63. The zero-order valence-electron chi connectivity index (χ0n) is 12.4. The molecule has 0 fully saturated rings. The second-order valence-electron chi connectivity index (χ2n) is 5.63. The topological polar surface area (TPSA) is 58.6 Å². The van der Waals surface area contributed by atoms with Crippen molar-refractivity contribution < 1.29 is 19.0 Å². The van der Waals surface area contributed by atoms with Gasteiger partial charge in [0.1, 0.15) is 0 Å². The van der Waals surface area contributed by atoms with Crippen molar-refractivity contribution >= 4 is 5.91 Å². The summed E-state index contributed by atoms with van der Waals surface area (Å²) in [4.78, 5) is 11.9. The highest BCUT2D eigenvalue weighted by molar-refractivity contribution is 5.94. The summed E-state index contributed by atoms with van der Waals surface area (Å²) in [5, 5.41) is 12.7. The van der Waals surface area contributed by atoms with Crippen LogP contribution in [0.5, 0.6) is 5.75 Å². The third-order valence-corrected chi connectivity index (χ3v) is 2.89. The Morgan fingerprint density at radius 2 is 2.15 bits per heavy atom. The highest BCUT2D eigenvalue weighted by Gasteiger charge is 2.23. The molecule has 0 bridgehead atoms. The van der Waals surface area contributed by atoms with Gasteiger partial charge in [0.15, 0.2) is 11.6 Å². The van der Waals surface area contributed by atoms with Crippen LogP contribution >= 0.6 is 0 Å². The van der Waals surface area contributed by atoms with Crippen molar-refractivity contribution in [2.75, 3.05) is 13.7 Å². The lowest BCUT2D eigenvalue weighted by Crippen LogP contribution is -2.41. The van der Waals surface area contributed by atoms with Crippen LogP contribution in [0.25, 0.3) is 0 Å². The number of rotatable bonds is 6. The zero-order valence-corrected chi connectivity index (χ0v) is 12.4. The van der Waals surface area contributed by atoms with Gasteiger partial charge in [0.25, 0.3) is 5.91 Å². The fourth-order valence-corrected chi connectivity index (χ4v) is 2.13. The molecule has 20 heavy (non-hydrogen) atoms. The van der Waals surface area contributed by atoms with E-state index in [9.17, 15) is 14.3 Å². The van der Waals surface area contributed by atoms with E-state index in [4.69, 9.17) is 4.74 Å². The van der Waals surface area contributed by atoms with E-state index in [0.29, 0.717) is 12.3 Å². The van der Waals surface area contributed by atoms with Gasteiger partial charge < -0.3 is 15.2 Å². The summed E-state index contributed by atoms with van der Waals surface area (Å²) in [5.41, 5.74) is -0.780. The number of halogens is 1. The fourth-order valence-electron chi connectivity index (χ4n) is 2.13.